The number of hydrogen-bond donors (Lipinski definition) is 2. The van der Waals surface area contributed by atoms with Crippen molar-refractivity contribution in [2.45, 2.75) is 171 Å². The number of carbonyl (C=O) groups is 2. The zero-order chi connectivity index (χ0) is 61.4. The molecule has 456 valence electrons. The standard InChI is InChI=1S/C29H32Br2O6.2C21H24NS.2Ir/c1-16(18(3)32)26(34)7-5-9-36-28-14-22-20(12-24(28)30)11-21-13-25(31)29(15-23(21)22)37-10-6-8-27(35)17(2)19(4)33;2*1-10-11(2)16(7)21-18(14(10)5)9-19(23-21)20-15(6)12(3)13(4)17(8)22-20;;/h12-15,34-35H,5-11H2,1-4H3;2*1-8H3;;/q;2*-1;;/b26-16-,27-17?;;;;. The smallest absolute Gasteiger partial charge is 0.158 e. The van der Waals surface area contributed by atoms with E-state index in [1.165, 1.54) is 133 Å². The molecule has 0 unspecified atom stereocenters. The number of Topliss-reactive ketones (excluding diaryl/α,β-unsaturated/α-hetero) is 2. The second-order valence-electron chi connectivity index (χ2n) is 22.6. The number of hydrogen-bond acceptors (Lipinski definition) is 10. The quantitative estimate of drug-likeness (QED) is 0.0478. The topological polar surface area (TPSA) is 119 Å². The Kier molecular flexibility index (Phi) is 24.8. The number of ether oxygens (including phenoxy) is 2. The maximum absolute atomic E-state index is 11.4. The van der Waals surface area contributed by atoms with Crippen molar-refractivity contribution in [2.75, 3.05) is 13.2 Å². The maximum Gasteiger partial charge on any atom is 0.158 e. The Bertz CT molecular complexity index is 3650. The van der Waals surface area contributed by atoms with E-state index >= 15 is 0 Å². The van der Waals surface area contributed by atoms with E-state index in [1.807, 2.05) is 34.8 Å². The van der Waals surface area contributed by atoms with Gasteiger partial charge in [-0.05, 0) is 253 Å². The molecule has 0 amide bonds. The number of aromatic nitrogens is 2. The molecule has 4 aromatic heterocycles. The number of fused-ring (bicyclic) bond motifs is 5. The van der Waals surface area contributed by atoms with Crippen LogP contribution in [0.15, 0.2) is 55.9 Å². The molecule has 4 aromatic carbocycles. The van der Waals surface area contributed by atoms with Crippen LogP contribution in [-0.4, -0.2) is 45.0 Å². The number of benzene rings is 4. The second kappa shape index (κ2) is 29.6. The van der Waals surface area contributed by atoms with Gasteiger partial charge < -0.3 is 19.7 Å². The van der Waals surface area contributed by atoms with Gasteiger partial charge in [-0.25, -0.2) is 22.7 Å². The fourth-order valence-corrected chi connectivity index (χ4v) is 14.0. The fourth-order valence-electron chi connectivity index (χ4n) is 10.4. The molecule has 85 heavy (non-hydrogen) atoms. The van der Waals surface area contributed by atoms with E-state index in [1.54, 1.807) is 13.8 Å². The predicted octanol–water partition coefficient (Wildman–Crippen LogP) is 20.4. The number of thiophene rings is 2. The number of carbonyl (C=O) groups excluding carboxylic acids is 2. The minimum Gasteiger partial charge on any atom is -0.512 e. The van der Waals surface area contributed by atoms with Crippen molar-refractivity contribution in [1.82, 2.24) is 9.97 Å². The molecule has 0 aliphatic heterocycles. The number of aliphatic hydroxyl groups excluding tert-OH is 2. The van der Waals surface area contributed by atoms with Crippen LogP contribution in [0.5, 0.6) is 11.5 Å². The Morgan fingerprint density at radius 3 is 1.13 bits per heavy atom. The molecule has 4 heterocycles. The molecular weight excluding hydrogens is 1590 g/mol. The van der Waals surface area contributed by atoms with Gasteiger partial charge >= 0.3 is 0 Å². The Labute approximate surface area is 556 Å². The normalized spacial score (nSPS) is 12.0. The van der Waals surface area contributed by atoms with Crippen LogP contribution in [0.2, 0.25) is 0 Å². The van der Waals surface area contributed by atoms with Crippen LogP contribution >= 0.6 is 54.5 Å². The number of aliphatic hydroxyl groups is 2. The first kappa shape index (κ1) is 71.1. The summed E-state index contributed by atoms with van der Waals surface area (Å²) >= 11 is 10.9. The van der Waals surface area contributed by atoms with Gasteiger partial charge in [-0.15, -0.1) is 34.0 Å². The SMILES string of the molecule is CC(=O)C(C)=C(O)CCCOc1cc2c(cc1Br)Cc1cc(Br)c(OCCC/C(O)=C(\C)C(C)=O)cc1-2.Cc1nc(-c2[c-]c3c(C)c(C)c(C)c(C)c3s2)c(C)c(C)c1C.Cc1nc(-c2[c-]c3c(C)c(C)c(C)c(C)c3s2)c(C)c(C)c1C.[Ir].[Ir]. The van der Waals surface area contributed by atoms with Crippen molar-refractivity contribution in [3.63, 3.8) is 0 Å². The summed E-state index contributed by atoms with van der Waals surface area (Å²) in [5.41, 5.74) is 28.6. The van der Waals surface area contributed by atoms with E-state index < -0.39 is 0 Å². The molecule has 0 spiro atoms. The molecule has 8 aromatic rings. The molecule has 14 heteroatoms. The molecule has 2 N–H and O–H groups in total. The maximum atomic E-state index is 11.4. The zero-order valence-corrected chi connectivity index (χ0v) is 62.5. The minimum absolute atomic E-state index is 0. The largest absolute Gasteiger partial charge is 0.512 e. The van der Waals surface area contributed by atoms with Crippen LogP contribution in [0, 0.1) is 123 Å². The Morgan fingerprint density at radius 2 is 0.800 bits per heavy atom. The monoisotopic (exact) mass is 1660 g/mol. The van der Waals surface area contributed by atoms with Gasteiger partial charge in [-0.2, -0.15) is 0 Å². The van der Waals surface area contributed by atoms with Crippen LogP contribution in [0.25, 0.3) is 52.4 Å². The average molecular weight is 1670 g/mol. The van der Waals surface area contributed by atoms with Crippen molar-refractivity contribution in [2.24, 2.45) is 0 Å². The third kappa shape index (κ3) is 15.1. The van der Waals surface area contributed by atoms with Crippen molar-refractivity contribution < 1.29 is 69.5 Å². The molecule has 9 rings (SSSR count). The summed E-state index contributed by atoms with van der Waals surface area (Å²) in [5.74, 6) is 1.38. The molecule has 0 atom stereocenters. The number of pyridine rings is 2. The summed E-state index contributed by atoms with van der Waals surface area (Å²) in [6, 6.07) is 15.5. The first-order chi connectivity index (χ1) is 39.0. The van der Waals surface area contributed by atoms with Gasteiger partial charge in [0.25, 0.3) is 0 Å². The summed E-state index contributed by atoms with van der Waals surface area (Å²) in [4.78, 5) is 34.9. The third-order valence-electron chi connectivity index (χ3n) is 17.7. The molecule has 2 radical (unpaired) electrons. The molecule has 0 saturated carbocycles. The summed E-state index contributed by atoms with van der Waals surface area (Å²) in [7, 11) is 0. The Morgan fingerprint density at radius 1 is 0.482 bits per heavy atom. The molecule has 0 bridgehead atoms. The zero-order valence-electron chi connectivity index (χ0n) is 52.9. The number of halogens is 2. The first-order valence-corrected chi connectivity index (χ1v) is 31.6. The van der Waals surface area contributed by atoms with Gasteiger partial charge in [0, 0.05) is 87.0 Å². The fraction of sp³-hybridized carbons (Fsp3) is 0.380. The van der Waals surface area contributed by atoms with Crippen molar-refractivity contribution in [1.29, 1.82) is 0 Å². The van der Waals surface area contributed by atoms with Crippen LogP contribution in [0.1, 0.15) is 154 Å². The number of rotatable bonds is 14. The molecule has 0 saturated heterocycles. The van der Waals surface area contributed by atoms with Gasteiger partial charge in [-0.3, -0.25) is 19.6 Å². The van der Waals surface area contributed by atoms with Gasteiger partial charge in [0.2, 0.25) is 0 Å². The summed E-state index contributed by atoms with van der Waals surface area (Å²) < 4.78 is 16.4. The molecule has 0 fully saturated rings. The first-order valence-electron chi connectivity index (χ1n) is 28.4. The number of ketones is 2. The van der Waals surface area contributed by atoms with Crippen LogP contribution in [-0.2, 0) is 56.2 Å². The van der Waals surface area contributed by atoms with E-state index in [0.29, 0.717) is 61.5 Å². The summed E-state index contributed by atoms with van der Waals surface area (Å²) in [6.07, 6.45) is 2.73. The Hall–Kier alpha value is -4.62. The van der Waals surface area contributed by atoms with Crippen molar-refractivity contribution in [3.05, 3.63) is 168 Å². The van der Waals surface area contributed by atoms with E-state index in [9.17, 15) is 19.8 Å². The van der Waals surface area contributed by atoms with Crippen LogP contribution in [0.3, 0.4) is 0 Å². The number of allylic oxidation sites excluding steroid dienone is 4. The average Bonchev–Trinajstić information content (AvgIpc) is 1.92. The summed E-state index contributed by atoms with van der Waals surface area (Å²) in [6.45, 7) is 41.9. The van der Waals surface area contributed by atoms with E-state index in [-0.39, 0.29) is 63.3 Å². The van der Waals surface area contributed by atoms with E-state index in [4.69, 9.17) is 19.4 Å². The minimum atomic E-state index is -0.133. The third-order valence-corrected chi connectivity index (χ3v) is 21.4. The molecule has 1 aliphatic carbocycles. The number of nitrogens with zero attached hydrogens (tertiary/aromatic N) is 2. The van der Waals surface area contributed by atoms with E-state index in [0.717, 1.165) is 49.3 Å². The second-order valence-corrected chi connectivity index (χ2v) is 26.3. The molecular formula is C71H80Br2Ir2N2O6S2-2. The van der Waals surface area contributed by atoms with Crippen molar-refractivity contribution in [3.8, 4) is 43.8 Å². The molecule has 8 nitrogen and oxygen atoms in total. The Balaban J connectivity index is 0.000000240. The van der Waals surface area contributed by atoms with Gasteiger partial charge in [-0.1, -0.05) is 69.5 Å². The van der Waals surface area contributed by atoms with Gasteiger partial charge in [0.15, 0.2) is 11.6 Å². The van der Waals surface area contributed by atoms with Gasteiger partial charge in [0.1, 0.15) is 11.5 Å². The van der Waals surface area contributed by atoms with E-state index in [2.05, 4.69) is 167 Å². The van der Waals surface area contributed by atoms with Gasteiger partial charge in [0.05, 0.1) is 33.7 Å². The predicted molar refractivity (Wildman–Crippen MR) is 355 cm³/mol. The molecule has 1 aliphatic rings. The van der Waals surface area contributed by atoms with Crippen molar-refractivity contribution >= 4 is 86.3 Å². The van der Waals surface area contributed by atoms with Crippen LogP contribution in [0.4, 0.5) is 0 Å². The summed E-state index contributed by atoms with van der Waals surface area (Å²) in [5, 5.41) is 22.6. The number of aryl methyl sites for hydroxylation is 6. The van der Waals surface area contributed by atoms with Crippen LogP contribution < -0.4 is 9.47 Å².